The zero-order valence-corrected chi connectivity index (χ0v) is 17.0. The molecule has 0 heterocycles. The second kappa shape index (κ2) is 14.9. The van der Waals surface area contributed by atoms with Gasteiger partial charge in [-0.3, -0.25) is 10.3 Å². The zero-order chi connectivity index (χ0) is 19.7. The van der Waals surface area contributed by atoms with E-state index in [0.29, 0.717) is 12.5 Å². The summed E-state index contributed by atoms with van der Waals surface area (Å²) in [4.78, 5) is 8.58. The molecule has 1 aromatic carbocycles. The predicted octanol–water partition coefficient (Wildman–Crippen LogP) is 3.95. The number of methoxy groups -OCH3 is 1. The molecule has 6 heteroatoms. The summed E-state index contributed by atoms with van der Waals surface area (Å²) in [6, 6.07) is 7.71. The third-order valence-electron chi connectivity index (χ3n) is 4.39. The van der Waals surface area contributed by atoms with Crippen LogP contribution in [0.2, 0.25) is 0 Å². The summed E-state index contributed by atoms with van der Waals surface area (Å²) >= 11 is 0. The molecular weight excluding hydrogens is 338 g/mol. The minimum absolute atomic E-state index is 0.277. The van der Waals surface area contributed by atoms with Gasteiger partial charge >= 0.3 is 0 Å². The van der Waals surface area contributed by atoms with E-state index >= 15 is 0 Å². The Hall–Kier alpha value is -2.24. The number of unbranched alkanes of at least 4 members (excludes halogenated alkanes) is 8. The largest absolute Gasteiger partial charge is 0.497 e. The highest BCUT2D eigenvalue weighted by molar-refractivity contribution is 5.96. The first-order valence-corrected chi connectivity index (χ1v) is 10.2. The Labute approximate surface area is 164 Å². The van der Waals surface area contributed by atoms with Gasteiger partial charge in [0.2, 0.25) is 0 Å². The summed E-state index contributed by atoms with van der Waals surface area (Å²) in [5, 5.41) is 2.83. The maximum atomic E-state index is 5.85. The number of hydrogen-bond donors (Lipinski definition) is 3. The van der Waals surface area contributed by atoms with E-state index in [-0.39, 0.29) is 5.96 Å². The van der Waals surface area contributed by atoms with Gasteiger partial charge in [-0.05, 0) is 24.1 Å². The molecule has 27 heavy (non-hydrogen) atoms. The van der Waals surface area contributed by atoms with Crippen LogP contribution in [0.4, 0.5) is 0 Å². The van der Waals surface area contributed by atoms with Crippen LogP contribution in [0.3, 0.4) is 0 Å². The van der Waals surface area contributed by atoms with Crippen LogP contribution in [0.1, 0.15) is 70.3 Å². The average Bonchev–Trinajstić information content (AvgIpc) is 2.68. The van der Waals surface area contributed by atoms with Crippen LogP contribution in [0, 0.1) is 0 Å². The van der Waals surface area contributed by atoms with Crippen LogP contribution in [0.25, 0.3) is 0 Å². The Kier molecular flexibility index (Phi) is 12.6. The molecule has 0 unspecified atom stereocenters. The fraction of sp³-hybridized carbons (Fsp3) is 0.619. The monoisotopic (exact) mass is 375 g/mol. The molecule has 152 valence electrons. The molecule has 0 aliphatic carbocycles. The van der Waals surface area contributed by atoms with Crippen molar-refractivity contribution in [1.29, 1.82) is 0 Å². The second-order valence-electron chi connectivity index (χ2n) is 6.77. The Balaban J connectivity index is 2.13. The number of nitrogens with one attached hydrogen (secondary N) is 1. The lowest BCUT2D eigenvalue weighted by atomic mass is 10.1. The Morgan fingerprint density at radius 3 is 2.00 bits per heavy atom. The lowest BCUT2D eigenvalue weighted by Crippen LogP contribution is -2.41. The van der Waals surface area contributed by atoms with Crippen molar-refractivity contribution in [1.82, 2.24) is 5.32 Å². The summed E-state index contributed by atoms with van der Waals surface area (Å²) < 4.78 is 5.13. The van der Waals surface area contributed by atoms with Crippen LogP contribution in [0.15, 0.2) is 34.3 Å². The second-order valence-corrected chi connectivity index (χ2v) is 6.77. The van der Waals surface area contributed by atoms with Gasteiger partial charge in [-0.1, -0.05) is 70.4 Å². The molecule has 0 aromatic heterocycles. The topological polar surface area (TPSA) is 98.0 Å². The molecule has 0 spiro atoms. The first-order chi connectivity index (χ1) is 13.2. The van der Waals surface area contributed by atoms with E-state index < -0.39 is 0 Å². The van der Waals surface area contributed by atoms with Gasteiger partial charge < -0.3 is 16.2 Å². The molecule has 0 aliphatic rings. The molecule has 0 saturated carbocycles. The summed E-state index contributed by atoms with van der Waals surface area (Å²) in [7, 11) is 1.64. The lowest BCUT2D eigenvalue weighted by molar-refractivity contribution is 0.414. The molecular formula is C21H37N5O. The number of hydrogen-bond acceptors (Lipinski definition) is 3. The van der Waals surface area contributed by atoms with Crippen molar-refractivity contribution in [2.45, 2.75) is 71.3 Å². The van der Waals surface area contributed by atoms with Crippen molar-refractivity contribution in [3.05, 3.63) is 29.8 Å². The average molecular weight is 376 g/mol. The molecule has 1 rings (SSSR count). The Morgan fingerprint density at radius 1 is 0.852 bits per heavy atom. The van der Waals surface area contributed by atoms with E-state index in [1.807, 2.05) is 24.3 Å². The number of nitrogens with zero attached hydrogens (tertiary/aromatic N) is 2. The Bertz CT molecular complexity index is 554. The summed E-state index contributed by atoms with van der Waals surface area (Å²) in [6.07, 6.45) is 11.6. The zero-order valence-electron chi connectivity index (χ0n) is 17.0. The van der Waals surface area contributed by atoms with Crippen molar-refractivity contribution in [2.75, 3.05) is 13.7 Å². The smallest absolute Gasteiger partial charge is 0.195 e. The lowest BCUT2D eigenvalue weighted by Gasteiger charge is -2.06. The molecule has 0 bridgehead atoms. The highest BCUT2D eigenvalue weighted by atomic mass is 16.5. The van der Waals surface area contributed by atoms with Gasteiger partial charge in [-0.15, -0.1) is 0 Å². The molecule has 0 saturated heterocycles. The molecule has 0 radical (unpaired) electrons. The van der Waals surface area contributed by atoms with E-state index in [4.69, 9.17) is 16.2 Å². The van der Waals surface area contributed by atoms with Crippen molar-refractivity contribution < 1.29 is 4.74 Å². The van der Waals surface area contributed by atoms with Gasteiger partial charge in [0.25, 0.3) is 0 Å². The van der Waals surface area contributed by atoms with Crippen molar-refractivity contribution >= 4 is 11.9 Å². The summed E-state index contributed by atoms with van der Waals surface area (Å²) in [5.41, 5.74) is 12.8. The normalized spacial score (nSPS) is 12.2. The molecule has 0 atom stereocenters. The summed E-state index contributed by atoms with van der Waals surface area (Å²) in [6.45, 7) is 3.45. The van der Waals surface area contributed by atoms with Crippen LogP contribution in [-0.4, -0.2) is 25.6 Å². The number of rotatable bonds is 13. The molecule has 0 fully saturated rings. The Morgan fingerprint density at radius 2 is 1.41 bits per heavy atom. The van der Waals surface area contributed by atoms with Crippen LogP contribution < -0.4 is 21.5 Å². The SMILES string of the molecule is CCCCCCCCCCCN=C(N)NC(N)=NCc1ccc(OC)cc1. The van der Waals surface area contributed by atoms with Crippen LogP contribution in [-0.2, 0) is 6.54 Å². The molecule has 0 aliphatic heterocycles. The van der Waals surface area contributed by atoms with Gasteiger partial charge in [0.15, 0.2) is 11.9 Å². The summed E-state index contributed by atoms with van der Waals surface area (Å²) in [5.74, 6) is 1.42. The van der Waals surface area contributed by atoms with Gasteiger partial charge in [-0.2, -0.15) is 0 Å². The van der Waals surface area contributed by atoms with Crippen molar-refractivity contribution in [2.24, 2.45) is 21.5 Å². The molecule has 1 aromatic rings. The van der Waals surface area contributed by atoms with Crippen molar-refractivity contribution in [3.63, 3.8) is 0 Å². The number of aliphatic imine (C=N–C) groups is 2. The van der Waals surface area contributed by atoms with Gasteiger partial charge in [-0.25, -0.2) is 4.99 Å². The first-order valence-electron chi connectivity index (χ1n) is 10.2. The highest BCUT2D eigenvalue weighted by Gasteiger charge is 1.97. The minimum Gasteiger partial charge on any atom is -0.497 e. The third-order valence-corrected chi connectivity index (χ3v) is 4.39. The number of benzene rings is 1. The van der Waals surface area contributed by atoms with Crippen molar-refractivity contribution in [3.8, 4) is 5.75 Å². The number of guanidine groups is 2. The van der Waals surface area contributed by atoms with E-state index in [1.165, 1.54) is 51.4 Å². The van der Waals surface area contributed by atoms with E-state index in [0.717, 1.165) is 24.3 Å². The fourth-order valence-electron chi connectivity index (χ4n) is 2.74. The number of ether oxygens (including phenoxy) is 1. The minimum atomic E-state index is 0.277. The maximum Gasteiger partial charge on any atom is 0.195 e. The fourth-order valence-corrected chi connectivity index (χ4v) is 2.74. The molecule has 0 amide bonds. The quantitative estimate of drug-likeness (QED) is 0.276. The number of nitrogens with two attached hydrogens (primary N) is 2. The highest BCUT2D eigenvalue weighted by Crippen LogP contribution is 2.12. The standard InChI is InChI=1S/C21H37N5O/c1-3-4-5-6-7-8-9-10-11-16-24-20(22)26-21(23)25-17-18-12-14-19(27-2)15-13-18/h12-15H,3-11,16-17H2,1-2H3,(H5,22,23,24,25,26). The van der Waals surface area contributed by atoms with E-state index in [2.05, 4.69) is 22.2 Å². The molecule has 6 nitrogen and oxygen atoms in total. The van der Waals surface area contributed by atoms with Gasteiger partial charge in [0, 0.05) is 6.54 Å². The van der Waals surface area contributed by atoms with Gasteiger partial charge in [0.05, 0.1) is 13.7 Å². The molecule has 5 N–H and O–H groups in total. The van der Waals surface area contributed by atoms with Crippen LogP contribution >= 0.6 is 0 Å². The maximum absolute atomic E-state index is 5.85. The van der Waals surface area contributed by atoms with E-state index in [1.54, 1.807) is 7.11 Å². The third kappa shape index (κ3) is 11.9. The van der Waals surface area contributed by atoms with Crippen LogP contribution in [0.5, 0.6) is 5.75 Å². The van der Waals surface area contributed by atoms with Gasteiger partial charge in [0.1, 0.15) is 5.75 Å². The predicted molar refractivity (Wildman–Crippen MR) is 115 cm³/mol. The first kappa shape index (κ1) is 22.8. The van der Waals surface area contributed by atoms with E-state index in [9.17, 15) is 0 Å².